The van der Waals surface area contributed by atoms with E-state index in [2.05, 4.69) is 0 Å². The Morgan fingerprint density at radius 2 is 1.20 bits per heavy atom. The monoisotopic (exact) mass is 230 g/mol. The number of rotatable bonds is 0. The van der Waals surface area contributed by atoms with Gasteiger partial charge in [-0.2, -0.15) is 0 Å². The fraction of sp³-hybridized carbons (Fsp3) is 0. The van der Waals surface area contributed by atoms with Gasteiger partial charge in [-0.05, 0) is 0 Å². The maximum atomic E-state index is 8.40. The van der Waals surface area contributed by atoms with Gasteiger partial charge in [0, 0.05) is 39.4 Å². The third-order valence-corrected chi connectivity index (χ3v) is 0. The molecule has 0 saturated carbocycles. The van der Waals surface area contributed by atoms with Crippen LogP contribution < -0.4 is 0 Å². The van der Waals surface area contributed by atoms with Gasteiger partial charge in [0.1, 0.15) is 0 Å². The van der Waals surface area contributed by atoms with Crippen LogP contribution in [-0.2, 0) is 48.4 Å². The van der Waals surface area contributed by atoms with E-state index < -0.39 is 9.29 Å². The minimum Gasteiger partial charge on any atom is -0.274 e. The van der Waals surface area contributed by atoms with E-state index in [1.807, 2.05) is 0 Å². The Morgan fingerprint density at radius 1 is 1.20 bits per heavy atom. The van der Waals surface area contributed by atoms with Crippen molar-refractivity contribution in [1.82, 2.24) is 0 Å². The molecule has 0 aromatic rings. The van der Waals surface area contributed by atoms with Crippen molar-refractivity contribution in [1.29, 1.82) is 0 Å². The second-order valence-electron chi connectivity index (χ2n) is 0.0833. The summed E-state index contributed by atoms with van der Waals surface area (Å²) in [5, 5.41) is 0. The normalized spacial score (nSPS) is 1.60. The van der Waals surface area contributed by atoms with E-state index in [0.717, 1.165) is 0 Å². The average molecular weight is 231 g/mol. The molecule has 0 saturated heterocycles. The molecule has 0 rings (SSSR count). The minimum absolute atomic E-state index is 0. The summed E-state index contributed by atoms with van der Waals surface area (Å²) in [4.78, 5) is 0. The van der Waals surface area contributed by atoms with Gasteiger partial charge in [-0.25, -0.2) is 0 Å². The first-order valence-corrected chi connectivity index (χ1v) is 1.22. The Kier molecular flexibility index (Phi) is 64.7. The minimum atomic E-state index is -1.42. The van der Waals surface area contributed by atoms with Crippen LogP contribution in [0.25, 0.3) is 0 Å². The van der Waals surface area contributed by atoms with Gasteiger partial charge in [-0.3, -0.25) is 8.92 Å². The Morgan fingerprint density at radius 3 is 1.20 bits per heavy atom. The maximum absolute atomic E-state index is 8.40. The van der Waals surface area contributed by atoms with Crippen molar-refractivity contribution in [3.8, 4) is 0 Å². The van der Waals surface area contributed by atoms with Gasteiger partial charge in [0.2, 0.25) is 0 Å². The van der Waals surface area contributed by atoms with Gasteiger partial charge < -0.3 is 0 Å². The zero-order valence-electron chi connectivity index (χ0n) is 1.92. The molecule has 0 aromatic carbocycles. The summed E-state index contributed by atoms with van der Waals surface area (Å²) in [6.45, 7) is 0. The predicted octanol–water partition coefficient (Wildman–Crippen LogP) is -0.623. The first-order valence-electron chi connectivity index (χ1n) is 0.408. The molecule has 0 aromatic heterocycles. The smallest absolute Gasteiger partial charge is 0.274 e. The summed E-state index contributed by atoms with van der Waals surface area (Å²) in [5.74, 6) is 0. The van der Waals surface area contributed by atoms with Crippen molar-refractivity contribution in [3.63, 3.8) is 0 Å². The van der Waals surface area contributed by atoms with Crippen LogP contribution in [0, 0.1) is 0 Å². The average Bonchev–Trinajstić information content (AvgIpc) is 0.918. The SMILES string of the molecule is O=[Si]=O.[Ag].[Cu]. The molecule has 0 N–H and O–H groups in total. The molecule has 38 valence electrons. The van der Waals surface area contributed by atoms with E-state index in [1.54, 1.807) is 0 Å². The van der Waals surface area contributed by atoms with Crippen LogP contribution in [0.3, 0.4) is 0 Å². The Hall–Kier alpha value is 1.08. The molecule has 0 aliphatic rings. The third-order valence-electron chi connectivity index (χ3n) is 0. The van der Waals surface area contributed by atoms with E-state index in [4.69, 9.17) is 8.92 Å². The van der Waals surface area contributed by atoms with E-state index >= 15 is 0 Å². The topological polar surface area (TPSA) is 34.1 Å². The van der Waals surface area contributed by atoms with Crippen LogP contribution in [-0.4, -0.2) is 9.29 Å². The third kappa shape index (κ3) is 41.5. The molecular formula is AgCuO2Si. The molecule has 0 amide bonds. The second kappa shape index (κ2) is 19.6. The van der Waals surface area contributed by atoms with Gasteiger partial charge >= 0.3 is 9.29 Å². The molecule has 0 heterocycles. The quantitative estimate of drug-likeness (QED) is 0.521. The van der Waals surface area contributed by atoms with Crippen molar-refractivity contribution < 1.29 is 48.4 Å². The molecule has 0 aliphatic carbocycles. The van der Waals surface area contributed by atoms with Crippen LogP contribution in [0.1, 0.15) is 0 Å². The van der Waals surface area contributed by atoms with Crippen LogP contribution in [0.5, 0.6) is 0 Å². The van der Waals surface area contributed by atoms with Gasteiger partial charge in [0.15, 0.2) is 0 Å². The molecule has 2 nitrogen and oxygen atoms in total. The standard InChI is InChI=1S/Ag.Cu.O2Si/c;;1-3-2. The van der Waals surface area contributed by atoms with Crippen molar-refractivity contribution in [3.05, 3.63) is 0 Å². The van der Waals surface area contributed by atoms with Crippen LogP contribution in [0.15, 0.2) is 0 Å². The molecule has 0 aliphatic heterocycles. The zero-order chi connectivity index (χ0) is 2.71. The van der Waals surface area contributed by atoms with Crippen LogP contribution in [0.4, 0.5) is 0 Å². The molecule has 0 fully saturated rings. The van der Waals surface area contributed by atoms with Crippen molar-refractivity contribution in [2.24, 2.45) is 0 Å². The molecule has 0 spiro atoms. The number of hydrogen-bond donors (Lipinski definition) is 0. The maximum Gasteiger partial charge on any atom is 0.549 e. The summed E-state index contributed by atoms with van der Waals surface area (Å²) in [6.07, 6.45) is 0. The fourth-order valence-corrected chi connectivity index (χ4v) is 0. The molecule has 0 unspecified atom stereocenters. The largest absolute Gasteiger partial charge is 0.549 e. The predicted molar refractivity (Wildman–Crippen MR) is 7.13 cm³/mol. The Bertz CT molecular complexity index is 30.6. The molecule has 5 heteroatoms. The van der Waals surface area contributed by atoms with E-state index in [-0.39, 0.29) is 39.4 Å². The molecular weight excluding hydrogens is 231 g/mol. The van der Waals surface area contributed by atoms with E-state index in [0.29, 0.717) is 0 Å². The van der Waals surface area contributed by atoms with Gasteiger partial charge in [0.25, 0.3) is 0 Å². The summed E-state index contributed by atoms with van der Waals surface area (Å²) in [7, 11) is -1.42. The molecule has 0 atom stereocenters. The van der Waals surface area contributed by atoms with Crippen LogP contribution >= 0.6 is 0 Å². The summed E-state index contributed by atoms with van der Waals surface area (Å²) in [6, 6.07) is 0. The van der Waals surface area contributed by atoms with Crippen molar-refractivity contribution in [2.75, 3.05) is 0 Å². The summed E-state index contributed by atoms with van der Waals surface area (Å²) >= 11 is 0. The van der Waals surface area contributed by atoms with Crippen molar-refractivity contribution in [2.45, 2.75) is 0 Å². The summed E-state index contributed by atoms with van der Waals surface area (Å²) < 4.78 is 16.8. The van der Waals surface area contributed by atoms with Crippen LogP contribution in [0.2, 0.25) is 0 Å². The fourth-order valence-electron chi connectivity index (χ4n) is 0. The first kappa shape index (κ1) is 16.5. The number of hydrogen-bond acceptors (Lipinski definition) is 2. The zero-order valence-corrected chi connectivity index (χ0v) is 5.34. The van der Waals surface area contributed by atoms with Gasteiger partial charge in [-0.1, -0.05) is 0 Å². The van der Waals surface area contributed by atoms with Gasteiger partial charge in [-0.15, -0.1) is 0 Å². The molecule has 0 bridgehead atoms. The Balaban J connectivity index is -0.0000000200. The second-order valence-corrected chi connectivity index (χ2v) is 0.250. The molecule has 5 heavy (non-hydrogen) atoms. The van der Waals surface area contributed by atoms with Crippen molar-refractivity contribution >= 4 is 9.29 Å². The molecule has 2 radical (unpaired) electrons. The Labute approximate surface area is 57.6 Å². The van der Waals surface area contributed by atoms with E-state index in [9.17, 15) is 0 Å². The van der Waals surface area contributed by atoms with E-state index in [1.165, 1.54) is 0 Å². The van der Waals surface area contributed by atoms with Gasteiger partial charge in [0.05, 0.1) is 0 Å². The first-order chi connectivity index (χ1) is 1.41. The summed E-state index contributed by atoms with van der Waals surface area (Å²) in [5.41, 5.74) is 0.